The Bertz CT molecular complexity index is 895. The van der Waals surface area contributed by atoms with Gasteiger partial charge in [0.05, 0.1) is 5.02 Å². The summed E-state index contributed by atoms with van der Waals surface area (Å²) in [5, 5.41) is 9.67. The molecule has 4 nitrogen and oxygen atoms in total. The van der Waals surface area contributed by atoms with E-state index in [1.165, 1.54) is 23.9 Å². The van der Waals surface area contributed by atoms with Gasteiger partial charge in [0, 0.05) is 27.0 Å². The Morgan fingerprint density at radius 1 is 1.00 bits per heavy atom. The van der Waals surface area contributed by atoms with Crippen molar-refractivity contribution in [2.24, 2.45) is 0 Å². The number of halogens is 4. The highest BCUT2D eigenvalue weighted by molar-refractivity contribution is 8.02. The first-order valence-electron chi connectivity index (χ1n) is 7.60. The second kappa shape index (κ2) is 9.64. The number of aromatic nitrogens is 2. The standard InChI is InChI=1S/C17H12Cl2F2N2O2S2/c18-11-3-6-13(19)14(9-11)26-7-8-27-17-23-22-15(25-17)10-1-4-12(5-2-10)24-16(20)21/h1-6,9,16H,7-8H2. The highest BCUT2D eigenvalue weighted by Crippen LogP contribution is 2.31. The lowest BCUT2D eigenvalue weighted by molar-refractivity contribution is -0.0498. The predicted octanol–water partition coefficient (Wildman–Crippen LogP) is 6.53. The summed E-state index contributed by atoms with van der Waals surface area (Å²) in [6.45, 7) is -2.86. The maximum atomic E-state index is 12.2. The lowest BCUT2D eigenvalue weighted by Gasteiger charge is -2.04. The van der Waals surface area contributed by atoms with E-state index in [9.17, 15) is 8.78 Å². The summed E-state index contributed by atoms with van der Waals surface area (Å²) in [5.41, 5.74) is 0.621. The molecule has 0 aliphatic carbocycles. The van der Waals surface area contributed by atoms with Gasteiger partial charge in [-0.05, 0) is 42.5 Å². The van der Waals surface area contributed by atoms with Crippen LogP contribution in [0.4, 0.5) is 8.78 Å². The van der Waals surface area contributed by atoms with Crippen molar-refractivity contribution in [2.45, 2.75) is 16.7 Å². The average molecular weight is 449 g/mol. The third-order valence-corrected chi connectivity index (χ3v) is 6.00. The maximum absolute atomic E-state index is 12.2. The van der Waals surface area contributed by atoms with E-state index in [1.807, 2.05) is 6.07 Å². The number of hydrogen-bond donors (Lipinski definition) is 0. The molecule has 0 fully saturated rings. The molecular weight excluding hydrogens is 437 g/mol. The second-order valence-electron chi connectivity index (χ2n) is 5.05. The van der Waals surface area contributed by atoms with Gasteiger partial charge in [0.1, 0.15) is 5.75 Å². The van der Waals surface area contributed by atoms with Crippen LogP contribution in [0.2, 0.25) is 10.0 Å². The summed E-state index contributed by atoms with van der Waals surface area (Å²) in [7, 11) is 0. The zero-order chi connectivity index (χ0) is 19.2. The molecule has 0 spiro atoms. The number of rotatable bonds is 8. The quantitative estimate of drug-likeness (QED) is 0.288. The molecule has 0 radical (unpaired) electrons. The molecule has 3 rings (SSSR count). The highest BCUT2D eigenvalue weighted by atomic mass is 35.5. The fourth-order valence-electron chi connectivity index (χ4n) is 2.03. The topological polar surface area (TPSA) is 48.2 Å². The van der Waals surface area contributed by atoms with Crippen molar-refractivity contribution in [3.8, 4) is 17.2 Å². The van der Waals surface area contributed by atoms with Gasteiger partial charge in [-0.3, -0.25) is 0 Å². The van der Waals surface area contributed by atoms with E-state index < -0.39 is 6.61 Å². The number of benzene rings is 2. The molecule has 0 aliphatic rings. The Balaban J connectivity index is 1.51. The summed E-state index contributed by atoms with van der Waals surface area (Å²) in [6.07, 6.45) is 0. The van der Waals surface area contributed by atoms with Crippen LogP contribution < -0.4 is 4.74 Å². The van der Waals surface area contributed by atoms with Crippen LogP contribution in [0.5, 0.6) is 5.75 Å². The van der Waals surface area contributed by atoms with Gasteiger partial charge >= 0.3 is 6.61 Å². The van der Waals surface area contributed by atoms with Crippen LogP contribution in [-0.2, 0) is 0 Å². The van der Waals surface area contributed by atoms with E-state index in [-0.39, 0.29) is 5.75 Å². The molecule has 0 saturated carbocycles. The number of nitrogens with zero attached hydrogens (tertiary/aromatic N) is 2. The fourth-order valence-corrected chi connectivity index (χ4v) is 4.26. The van der Waals surface area contributed by atoms with Crippen LogP contribution in [-0.4, -0.2) is 28.3 Å². The summed E-state index contributed by atoms with van der Waals surface area (Å²) < 4.78 is 34.2. The molecule has 10 heteroatoms. The third-order valence-electron chi connectivity index (χ3n) is 3.19. The molecule has 1 heterocycles. The molecule has 142 valence electrons. The minimum atomic E-state index is -2.86. The molecule has 0 amide bonds. The minimum Gasteiger partial charge on any atom is -0.435 e. The van der Waals surface area contributed by atoms with Gasteiger partial charge in [0.25, 0.3) is 5.22 Å². The molecule has 0 bridgehead atoms. The van der Waals surface area contributed by atoms with Crippen LogP contribution in [0.1, 0.15) is 0 Å². The van der Waals surface area contributed by atoms with Gasteiger partial charge in [0.2, 0.25) is 5.89 Å². The Hall–Kier alpha value is -1.48. The molecule has 0 atom stereocenters. The molecule has 0 N–H and O–H groups in total. The molecule has 2 aromatic carbocycles. The Morgan fingerprint density at radius 2 is 1.74 bits per heavy atom. The first kappa shape index (κ1) is 20.3. The van der Waals surface area contributed by atoms with Crippen molar-refractivity contribution in [1.82, 2.24) is 10.2 Å². The van der Waals surface area contributed by atoms with Crippen molar-refractivity contribution < 1.29 is 17.9 Å². The second-order valence-corrected chi connectivity index (χ2v) is 8.07. The predicted molar refractivity (Wildman–Crippen MR) is 104 cm³/mol. The smallest absolute Gasteiger partial charge is 0.387 e. The molecule has 3 aromatic rings. The third kappa shape index (κ3) is 6.00. The van der Waals surface area contributed by atoms with Gasteiger partial charge in [-0.15, -0.1) is 22.0 Å². The van der Waals surface area contributed by atoms with Gasteiger partial charge in [-0.1, -0.05) is 35.0 Å². The maximum Gasteiger partial charge on any atom is 0.387 e. The number of alkyl halides is 2. The van der Waals surface area contributed by atoms with Gasteiger partial charge in [-0.25, -0.2) is 0 Å². The zero-order valence-corrected chi connectivity index (χ0v) is 16.7. The van der Waals surface area contributed by atoms with Crippen molar-refractivity contribution >= 4 is 46.7 Å². The summed E-state index contributed by atoms with van der Waals surface area (Å²) >= 11 is 15.1. The van der Waals surface area contributed by atoms with E-state index >= 15 is 0 Å². The van der Waals surface area contributed by atoms with Crippen molar-refractivity contribution in [2.75, 3.05) is 11.5 Å². The fraction of sp³-hybridized carbons (Fsp3) is 0.176. The van der Waals surface area contributed by atoms with E-state index in [0.29, 0.717) is 26.7 Å². The lowest BCUT2D eigenvalue weighted by Crippen LogP contribution is -2.01. The number of thioether (sulfide) groups is 2. The van der Waals surface area contributed by atoms with Crippen LogP contribution >= 0.6 is 46.7 Å². The van der Waals surface area contributed by atoms with Gasteiger partial charge in [0.15, 0.2) is 0 Å². The molecule has 0 saturated heterocycles. The van der Waals surface area contributed by atoms with Crippen molar-refractivity contribution in [3.63, 3.8) is 0 Å². The van der Waals surface area contributed by atoms with E-state index in [0.717, 1.165) is 16.4 Å². The van der Waals surface area contributed by atoms with E-state index in [2.05, 4.69) is 14.9 Å². The van der Waals surface area contributed by atoms with E-state index in [1.54, 1.807) is 36.0 Å². The molecule has 0 aliphatic heterocycles. The SMILES string of the molecule is FC(F)Oc1ccc(-c2nnc(SCCSc3cc(Cl)ccc3Cl)o2)cc1. The Kier molecular flexibility index (Phi) is 7.23. The van der Waals surface area contributed by atoms with Crippen LogP contribution in [0.3, 0.4) is 0 Å². The Morgan fingerprint density at radius 3 is 2.48 bits per heavy atom. The van der Waals surface area contributed by atoms with E-state index in [4.69, 9.17) is 27.6 Å². The largest absolute Gasteiger partial charge is 0.435 e. The number of ether oxygens (including phenoxy) is 1. The summed E-state index contributed by atoms with van der Waals surface area (Å²) in [5.74, 6) is 1.89. The van der Waals surface area contributed by atoms with Gasteiger partial charge in [-0.2, -0.15) is 8.78 Å². The zero-order valence-electron chi connectivity index (χ0n) is 13.6. The van der Waals surface area contributed by atoms with Crippen LogP contribution in [0, 0.1) is 0 Å². The summed E-state index contributed by atoms with van der Waals surface area (Å²) in [4.78, 5) is 0.919. The molecule has 0 unspecified atom stereocenters. The lowest BCUT2D eigenvalue weighted by atomic mass is 10.2. The van der Waals surface area contributed by atoms with Crippen molar-refractivity contribution in [1.29, 1.82) is 0 Å². The normalized spacial score (nSPS) is 11.1. The summed E-state index contributed by atoms with van der Waals surface area (Å²) in [6, 6.07) is 11.3. The highest BCUT2D eigenvalue weighted by Gasteiger charge is 2.11. The van der Waals surface area contributed by atoms with Gasteiger partial charge < -0.3 is 9.15 Å². The monoisotopic (exact) mass is 448 g/mol. The first-order valence-corrected chi connectivity index (χ1v) is 10.3. The molecular formula is C17H12Cl2F2N2O2S2. The van der Waals surface area contributed by atoms with Crippen molar-refractivity contribution in [3.05, 3.63) is 52.5 Å². The molecule has 27 heavy (non-hydrogen) atoms. The average Bonchev–Trinajstić information content (AvgIpc) is 3.10. The number of hydrogen-bond acceptors (Lipinski definition) is 6. The van der Waals surface area contributed by atoms with Crippen LogP contribution in [0.15, 0.2) is 57.0 Å². The Labute approximate surface area is 172 Å². The molecule has 1 aromatic heterocycles. The van der Waals surface area contributed by atoms with Crippen LogP contribution in [0.25, 0.3) is 11.5 Å². The minimum absolute atomic E-state index is 0.0690. The first-order chi connectivity index (χ1) is 13.0.